The molecule has 1 saturated heterocycles. The highest BCUT2D eigenvalue weighted by Crippen LogP contribution is 2.33. The van der Waals surface area contributed by atoms with Crippen molar-refractivity contribution in [3.63, 3.8) is 0 Å². The third-order valence-corrected chi connectivity index (χ3v) is 7.62. The Morgan fingerprint density at radius 1 is 1.31 bits per heavy atom. The maximum Gasteiger partial charge on any atom is 0.271 e. The van der Waals surface area contributed by atoms with Gasteiger partial charge in [-0.3, -0.25) is 9.52 Å². The summed E-state index contributed by atoms with van der Waals surface area (Å²) < 4.78 is 33.5. The van der Waals surface area contributed by atoms with Crippen LogP contribution in [0.2, 0.25) is 4.34 Å². The van der Waals surface area contributed by atoms with Crippen LogP contribution in [-0.2, 0) is 26.0 Å². The van der Waals surface area contributed by atoms with Gasteiger partial charge in [0.15, 0.2) is 0 Å². The topological polar surface area (TPSA) is 75.7 Å². The van der Waals surface area contributed by atoms with Crippen LogP contribution in [0.25, 0.3) is 0 Å². The molecule has 0 saturated carbocycles. The molecule has 2 aliphatic rings. The van der Waals surface area contributed by atoms with Gasteiger partial charge in [0.05, 0.1) is 4.34 Å². The van der Waals surface area contributed by atoms with Gasteiger partial charge in [0.25, 0.3) is 15.9 Å². The number of nitrogens with one attached hydrogen (secondary N) is 1. The van der Waals surface area contributed by atoms with Crippen molar-refractivity contribution in [3.8, 4) is 0 Å². The average Bonchev–Trinajstić information content (AvgIpc) is 3.34. The number of anilines is 2. The molecule has 0 radical (unpaired) electrons. The van der Waals surface area contributed by atoms with Crippen molar-refractivity contribution in [1.82, 2.24) is 0 Å². The molecule has 1 aromatic carbocycles. The number of benzene rings is 1. The smallest absolute Gasteiger partial charge is 0.271 e. The van der Waals surface area contributed by atoms with Crippen LogP contribution >= 0.6 is 22.9 Å². The summed E-state index contributed by atoms with van der Waals surface area (Å²) >= 11 is 6.83. The Bertz CT molecular complexity index is 951. The van der Waals surface area contributed by atoms with E-state index in [9.17, 15) is 13.2 Å². The fourth-order valence-electron chi connectivity index (χ4n) is 3.29. The van der Waals surface area contributed by atoms with Gasteiger partial charge in [0.1, 0.15) is 10.3 Å². The van der Waals surface area contributed by atoms with Crippen LogP contribution in [0.15, 0.2) is 34.5 Å². The summed E-state index contributed by atoms with van der Waals surface area (Å²) in [5.74, 6) is -0.0113. The van der Waals surface area contributed by atoms with Gasteiger partial charge in [-0.1, -0.05) is 11.6 Å². The molecule has 0 aliphatic carbocycles. The molecule has 1 fully saturated rings. The van der Waals surface area contributed by atoms with Gasteiger partial charge >= 0.3 is 0 Å². The predicted octanol–water partition coefficient (Wildman–Crippen LogP) is 3.27. The molecule has 1 amide bonds. The van der Waals surface area contributed by atoms with E-state index in [1.54, 1.807) is 29.2 Å². The number of sulfonamides is 1. The molecule has 1 atom stereocenters. The molecule has 26 heavy (non-hydrogen) atoms. The van der Waals surface area contributed by atoms with E-state index in [0.717, 1.165) is 35.4 Å². The van der Waals surface area contributed by atoms with Crippen LogP contribution in [-0.4, -0.2) is 33.6 Å². The van der Waals surface area contributed by atoms with E-state index in [-0.39, 0.29) is 16.2 Å². The van der Waals surface area contributed by atoms with Crippen molar-refractivity contribution < 1.29 is 17.9 Å². The van der Waals surface area contributed by atoms with Crippen molar-refractivity contribution in [2.45, 2.75) is 29.6 Å². The van der Waals surface area contributed by atoms with Gasteiger partial charge < -0.3 is 9.64 Å². The molecule has 1 unspecified atom stereocenters. The second-order valence-electron chi connectivity index (χ2n) is 6.25. The zero-order valence-electron chi connectivity index (χ0n) is 13.8. The van der Waals surface area contributed by atoms with Crippen LogP contribution in [0.5, 0.6) is 0 Å². The van der Waals surface area contributed by atoms with Crippen LogP contribution < -0.4 is 9.62 Å². The third kappa shape index (κ3) is 3.34. The molecule has 3 heterocycles. The Kier molecular flexibility index (Phi) is 4.68. The first-order valence-corrected chi connectivity index (χ1v) is 11.0. The van der Waals surface area contributed by atoms with Crippen molar-refractivity contribution in [2.75, 3.05) is 22.8 Å². The SMILES string of the molecule is O=C(C1CCCO1)N1CCc2cc(NS(=O)(=O)c3ccc(Cl)s3)ccc21. The fourth-order valence-corrected chi connectivity index (χ4v) is 5.82. The van der Waals surface area contributed by atoms with E-state index in [2.05, 4.69) is 4.72 Å². The lowest BCUT2D eigenvalue weighted by Gasteiger charge is -2.21. The van der Waals surface area contributed by atoms with Crippen molar-refractivity contribution >= 4 is 50.2 Å². The van der Waals surface area contributed by atoms with E-state index in [4.69, 9.17) is 16.3 Å². The number of rotatable bonds is 4. The number of thiophene rings is 1. The lowest BCUT2D eigenvalue weighted by atomic mass is 10.1. The quantitative estimate of drug-likeness (QED) is 0.836. The van der Waals surface area contributed by atoms with Crippen LogP contribution in [0.4, 0.5) is 11.4 Å². The molecular weight excluding hydrogens is 396 g/mol. The Balaban J connectivity index is 1.54. The zero-order valence-corrected chi connectivity index (χ0v) is 16.2. The number of carbonyl (C=O) groups is 1. The van der Waals surface area contributed by atoms with Crippen molar-refractivity contribution in [1.29, 1.82) is 0 Å². The van der Waals surface area contributed by atoms with Crippen molar-refractivity contribution in [2.24, 2.45) is 0 Å². The molecule has 1 aromatic heterocycles. The number of hydrogen-bond donors (Lipinski definition) is 1. The van der Waals surface area contributed by atoms with Crippen LogP contribution in [0, 0.1) is 0 Å². The third-order valence-electron chi connectivity index (χ3n) is 4.51. The summed E-state index contributed by atoms with van der Waals surface area (Å²) in [5.41, 5.74) is 2.24. The Labute approximate surface area is 160 Å². The summed E-state index contributed by atoms with van der Waals surface area (Å²) in [6, 6.07) is 8.27. The maximum absolute atomic E-state index is 12.6. The van der Waals surface area contributed by atoms with Gasteiger partial charge in [-0.05, 0) is 55.2 Å². The first kappa shape index (κ1) is 17.8. The number of nitrogens with zero attached hydrogens (tertiary/aromatic N) is 1. The van der Waals surface area contributed by atoms with Gasteiger partial charge in [-0.2, -0.15) is 0 Å². The zero-order chi connectivity index (χ0) is 18.3. The molecule has 6 nitrogen and oxygen atoms in total. The lowest BCUT2D eigenvalue weighted by molar-refractivity contribution is -0.127. The summed E-state index contributed by atoms with van der Waals surface area (Å²) in [6.45, 7) is 1.22. The Morgan fingerprint density at radius 3 is 2.85 bits per heavy atom. The number of hydrogen-bond acceptors (Lipinski definition) is 5. The van der Waals surface area contributed by atoms with Crippen LogP contribution in [0.3, 0.4) is 0 Å². The summed E-state index contributed by atoms with van der Waals surface area (Å²) in [4.78, 5) is 14.3. The first-order chi connectivity index (χ1) is 12.4. The number of fused-ring (bicyclic) bond motifs is 1. The number of carbonyl (C=O) groups excluding carboxylic acids is 1. The molecule has 2 aliphatic heterocycles. The van der Waals surface area contributed by atoms with E-state index < -0.39 is 10.0 Å². The Hall–Kier alpha value is -1.61. The Morgan fingerprint density at radius 2 is 2.15 bits per heavy atom. The monoisotopic (exact) mass is 412 g/mol. The van der Waals surface area contributed by atoms with Crippen molar-refractivity contribution in [3.05, 3.63) is 40.2 Å². The summed E-state index contributed by atoms with van der Waals surface area (Å²) in [5, 5.41) is 0. The summed E-state index contributed by atoms with van der Waals surface area (Å²) in [6.07, 6.45) is 1.99. The van der Waals surface area contributed by atoms with Crippen LogP contribution in [0.1, 0.15) is 18.4 Å². The molecule has 0 bridgehead atoms. The summed E-state index contributed by atoms with van der Waals surface area (Å²) in [7, 11) is -3.67. The largest absolute Gasteiger partial charge is 0.368 e. The highest BCUT2D eigenvalue weighted by Gasteiger charge is 2.32. The maximum atomic E-state index is 12.6. The second kappa shape index (κ2) is 6.84. The van der Waals surface area contributed by atoms with E-state index in [1.165, 1.54) is 6.07 Å². The van der Waals surface area contributed by atoms with E-state index in [0.29, 0.717) is 29.6 Å². The fraction of sp³-hybridized carbons (Fsp3) is 0.353. The van der Waals surface area contributed by atoms with Gasteiger partial charge in [0.2, 0.25) is 0 Å². The molecule has 1 N–H and O–H groups in total. The van der Waals surface area contributed by atoms with E-state index >= 15 is 0 Å². The minimum atomic E-state index is -3.67. The minimum absolute atomic E-state index is 0.0113. The lowest BCUT2D eigenvalue weighted by Crippen LogP contribution is -2.37. The standard InChI is InChI=1S/C17H17ClN2O4S2/c18-15-5-6-16(25-15)26(22,23)19-12-3-4-13-11(10-12)7-8-20(13)17(21)14-2-1-9-24-14/h3-6,10,14,19H,1-2,7-9H2. The van der Waals surface area contributed by atoms with Gasteiger partial charge in [-0.25, -0.2) is 8.42 Å². The number of ether oxygens (including phenoxy) is 1. The molecular formula is C17H17ClN2O4S2. The minimum Gasteiger partial charge on any atom is -0.368 e. The van der Waals surface area contributed by atoms with Gasteiger partial charge in [0, 0.05) is 24.5 Å². The first-order valence-electron chi connectivity index (χ1n) is 8.28. The predicted molar refractivity (Wildman–Crippen MR) is 102 cm³/mol. The van der Waals surface area contributed by atoms with Gasteiger partial charge in [-0.15, -0.1) is 11.3 Å². The molecule has 138 valence electrons. The average molecular weight is 413 g/mol. The molecule has 9 heteroatoms. The highest BCUT2D eigenvalue weighted by atomic mass is 35.5. The molecule has 2 aromatic rings. The second-order valence-corrected chi connectivity index (χ2v) is 9.87. The molecule has 4 rings (SSSR count). The normalized spacial score (nSPS) is 19.6. The number of halogens is 1. The molecule has 0 spiro atoms. The number of amides is 1. The van der Waals surface area contributed by atoms with E-state index in [1.807, 2.05) is 0 Å². The highest BCUT2D eigenvalue weighted by molar-refractivity contribution is 7.94.